The average Bonchev–Trinajstić information content (AvgIpc) is 2.19. The third kappa shape index (κ3) is 2.60. The minimum Gasteiger partial charge on any atom is -0.322 e. The number of nitrogens with one attached hydrogen (secondary N) is 1. The molecule has 0 aliphatic heterocycles. The van der Waals surface area contributed by atoms with Gasteiger partial charge < -0.3 is 5.73 Å². The van der Waals surface area contributed by atoms with Crippen molar-refractivity contribution < 1.29 is 9.59 Å². The highest BCUT2D eigenvalue weighted by atomic mass is 16.2. The summed E-state index contributed by atoms with van der Waals surface area (Å²) in [6, 6.07) is 0. The van der Waals surface area contributed by atoms with Crippen molar-refractivity contribution in [3.05, 3.63) is 24.3 Å². The van der Waals surface area contributed by atoms with Crippen LogP contribution in [0, 0.1) is 0 Å². The van der Waals surface area contributed by atoms with Crippen LogP contribution in [0.1, 0.15) is 10.4 Å². The van der Waals surface area contributed by atoms with Gasteiger partial charge in [0.15, 0.2) is 0 Å². The molecular formula is C7H8N4O2. The molecule has 2 amide bonds. The van der Waals surface area contributed by atoms with Crippen LogP contribution < -0.4 is 11.1 Å². The van der Waals surface area contributed by atoms with Gasteiger partial charge in [0.1, 0.15) is 6.33 Å². The van der Waals surface area contributed by atoms with Gasteiger partial charge in [0.2, 0.25) is 5.91 Å². The van der Waals surface area contributed by atoms with E-state index >= 15 is 0 Å². The zero-order chi connectivity index (χ0) is 9.68. The summed E-state index contributed by atoms with van der Waals surface area (Å²) in [5, 5.41) is 2.06. The van der Waals surface area contributed by atoms with Gasteiger partial charge in [-0.05, 0) is 0 Å². The molecule has 0 atom stereocenters. The summed E-state index contributed by atoms with van der Waals surface area (Å²) in [4.78, 5) is 29.1. The molecule has 68 valence electrons. The van der Waals surface area contributed by atoms with E-state index in [0.29, 0.717) is 0 Å². The van der Waals surface area contributed by atoms with Crippen molar-refractivity contribution in [2.75, 3.05) is 6.54 Å². The minimum atomic E-state index is -0.545. The maximum atomic E-state index is 11.1. The first kappa shape index (κ1) is 9.27. The van der Waals surface area contributed by atoms with Crippen molar-refractivity contribution >= 4 is 11.8 Å². The average molecular weight is 180 g/mol. The highest BCUT2D eigenvalue weighted by Gasteiger charge is 2.08. The lowest BCUT2D eigenvalue weighted by Gasteiger charge is -1.99. The zero-order valence-corrected chi connectivity index (χ0v) is 6.73. The van der Waals surface area contributed by atoms with Gasteiger partial charge in [-0.2, -0.15) is 0 Å². The first-order chi connectivity index (χ1) is 6.24. The van der Waals surface area contributed by atoms with E-state index in [0.717, 1.165) is 0 Å². The van der Waals surface area contributed by atoms with Gasteiger partial charge in [-0.3, -0.25) is 14.9 Å². The molecule has 0 aliphatic carbocycles. The molecule has 13 heavy (non-hydrogen) atoms. The lowest BCUT2D eigenvalue weighted by molar-refractivity contribution is -0.118. The van der Waals surface area contributed by atoms with E-state index in [1.54, 1.807) is 0 Å². The van der Waals surface area contributed by atoms with E-state index in [9.17, 15) is 9.59 Å². The SMILES string of the molecule is NCC(=O)NC(=O)c1cncnc1. The molecule has 0 unspecified atom stereocenters. The summed E-state index contributed by atoms with van der Waals surface area (Å²) in [7, 11) is 0. The molecule has 0 aromatic carbocycles. The molecule has 6 nitrogen and oxygen atoms in total. The molecule has 6 heteroatoms. The lowest BCUT2D eigenvalue weighted by Crippen LogP contribution is -2.35. The first-order valence-corrected chi connectivity index (χ1v) is 3.53. The Balaban J connectivity index is 2.65. The van der Waals surface area contributed by atoms with Crippen LogP contribution in [-0.4, -0.2) is 28.3 Å². The predicted molar refractivity (Wildman–Crippen MR) is 43.6 cm³/mol. The summed E-state index contributed by atoms with van der Waals surface area (Å²) in [5.41, 5.74) is 5.23. The molecule has 1 heterocycles. The van der Waals surface area contributed by atoms with Crippen LogP contribution in [0.5, 0.6) is 0 Å². The van der Waals surface area contributed by atoms with Crippen molar-refractivity contribution in [1.82, 2.24) is 15.3 Å². The van der Waals surface area contributed by atoms with Crippen LogP contribution in [-0.2, 0) is 4.79 Å². The Morgan fingerprint density at radius 1 is 1.38 bits per heavy atom. The Kier molecular flexibility index (Phi) is 3.04. The van der Waals surface area contributed by atoms with Crippen LogP contribution in [0.4, 0.5) is 0 Å². The number of carbonyl (C=O) groups is 2. The van der Waals surface area contributed by atoms with Crippen molar-refractivity contribution in [2.24, 2.45) is 5.73 Å². The standard InChI is InChI=1S/C7H8N4O2/c8-1-6(12)11-7(13)5-2-9-4-10-3-5/h2-4H,1,8H2,(H,11,12,13). The van der Waals surface area contributed by atoms with E-state index in [-0.39, 0.29) is 12.1 Å². The monoisotopic (exact) mass is 180 g/mol. The molecule has 0 fully saturated rings. The maximum Gasteiger partial charge on any atom is 0.261 e. The quantitative estimate of drug-likeness (QED) is 0.589. The van der Waals surface area contributed by atoms with Gasteiger partial charge in [-0.15, -0.1) is 0 Å². The number of nitrogens with two attached hydrogens (primary N) is 1. The fourth-order valence-corrected chi connectivity index (χ4v) is 0.666. The number of carbonyl (C=O) groups excluding carboxylic acids is 2. The molecule has 0 bridgehead atoms. The molecule has 1 aromatic rings. The second kappa shape index (κ2) is 4.27. The Morgan fingerprint density at radius 3 is 2.54 bits per heavy atom. The maximum absolute atomic E-state index is 11.1. The van der Waals surface area contributed by atoms with Gasteiger partial charge in [-0.25, -0.2) is 9.97 Å². The molecule has 3 N–H and O–H groups in total. The van der Waals surface area contributed by atoms with Crippen LogP contribution >= 0.6 is 0 Å². The van der Waals surface area contributed by atoms with Crippen molar-refractivity contribution in [3.63, 3.8) is 0 Å². The Labute approximate surface area is 74.2 Å². The molecule has 0 radical (unpaired) electrons. The number of imide groups is 1. The molecule has 0 saturated heterocycles. The highest BCUT2D eigenvalue weighted by Crippen LogP contribution is 1.91. The fraction of sp³-hybridized carbons (Fsp3) is 0.143. The van der Waals surface area contributed by atoms with E-state index < -0.39 is 11.8 Å². The Bertz CT molecular complexity index is 312. The second-order valence-electron chi connectivity index (χ2n) is 2.21. The molecule has 0 spiro atoms. The molecular weight excluding hydrogens is 172 g/mol. The molecule has 0 aliphatic rings. The number of hydrogen-bond donors (Lipinski definition) is 2. The van der Waals surface area contributed by atoms with Crippen LogP contribution in [0.25, 0.3) is 0 Å². The number of hydrogen-bond acceptors (Lipinski definition) is 5. The first-order valence-electron chi connectivity index (χ1n) is 3.53. The predicted octanol–water partition coefficient (Wildman–Crippen LogP) is -1.31. The fourth-order valence-electron chi connectivity index (χ4n) is 0.666. The van der Waals surface area contributed by atoms with Gasteiger partial charge in [0.25, 0.3) is 5.91 Å². The van der Waals surface area contributed by atoms with Crippen molar-refractivity contribution in [2.45, 2.75) is 0 Å². The Hall–Kier alpha value is -1.82. The minimum absolute atomic E-state index is 0.223. The van der Waals surface area contributed by atoms with Gasteiger partial charge in [0.05, 0.1) is 12.1 Å². The zero-order valence-electron chi connectivity index (χ0n) is 6.73. The lowest BCUT2D eigenvalue weighted by atomic mass is 10.3. The van der Waals surface area contributed by atoms with Gasteiger partial charge in [-0.1, -0.05) is 0 Å². The second-order valence-corrected chi connectivity index (χ2v) is 2.21. The third-order valence-electron chi connectivity index (χ3n) is 1.26. The number of rotatable bonds is 2. The van der Waals surface area contributed by atoms with Crippen molar-refractivity contribution in [3.8, 4) is 0 Å². The summed E-state index contributed by atoms with van der Waals surface area (Å²) in [5.74, 6) is -1.08. The summed E-state index contributed by atoms with van der Waals surface area (Å²) in [6.07, 6.45) is 3.92. The van der Waals surface area contributed by atoms with E-state index in [2.05, 4.69) is 15.3 Å². The molecule has 1 aromatic heterocycles. The topological polar surface area (TPSA) is 98.0 Å². The normalized spacial score (nSPS) is 9.31. The third-order valence-corrected chi connectivity index (χ3v) is 1.26. The number of aromatic nitrogens is 2. The van der Waals surface area contributed by atoms with Gasteiger partial charge in [0, 0.05) is 12.4 Å². The highest BCUT2D eigenvalue weighted by molar-refractivity contribution is 6.04. The Morgan fingerprint density at radius 2 is 2.00 bits per heavy atom. The van der Waals surface area contributed by atoms with E-state index in [4.69, 9.17) is 5.73 Å². The molecule has 1 rings (SSSR count). The summed E-state index contributed by atoms with van der Waals surface area (Å²) in [6.45, 7) is -0.223. The van der Waals surface area contributed by atoms with E-state index in [1.165, 1.54) is 18.7 Å². The van der Waals surface area contributed by atoms with Crippen molar-refractivity contribution in [1.29, 1.82) is 0 Å². The molecule has 0 saturated carbocycles. The van der Waals surface area contributed by atoms with E-state index in [1.807, 2.05) is 0 Å². The summed E-state index contributed by atoms with van der Waals surface area (Å²) < 4.78 is 0. The largest absolute Gasteiger partial charge is 0.322 e. The number of nitrogens with zero attached hydrogens (tertiary/aromatic N) is 2. The van der Waals surface area contributed by atoms with Crippen LogP contribution in [0.15, 0.2) is 18.7 Å². The van der Waals surface area contributed by atoms with Crippen LogP contribution in [0.3, 0.4) is 0 Å². The van der Waals surface area contributed by atoms with Gasteiger partial charge >= 0.3 is 0 Å². The van der Waals surface area contributed by atoms with Crippen LogP contribution in [0.2, 0.25) is 0 Å². The number of amides is 2. The smallest absolute Gasteiger partial charge is 0.261 e. The summed E-state index contributed by atoms with van der Waals surface area (Å²) >= 11 is 0.